The van der Waals surface area contributed by atoms with Crippen molar-refractivity contribution in [3.63, 3.8) is 0 Å². The van der Waals surface area contributed by atoms with Gasteiger partial charge in [0, 0.05) is 49.0 Å². The van der Waals surface area contributed by atoms with Gasteiger partial charge in [-0.1, -0.05) is 140 Å². The average molecular weight is 755 g/mol. The van der Waals surface area contributed by atoms with Crippen molar-refractivity contribution in [2.75, 3.05) is 0 Å². The summed E-state index contributed by atoms with van der Waals surface area (Å²) >= 11 is 0. The minimum atomic E-state index is 0.504. The highest BCUT2D eigenvalue weighted by Gasteiger charge is 2.24. The van der Waals surface area contributed by atoms with Gasteiger partial charge in [0.2, 0.25) is 0 Å². The molecule has 0 aliphatic rings. The minimum absolute atomic E-state index is 0.504. The lowest BCUT2D eigenvalue weighted by molar-refractivity contribution is 0.669. The maximum Gasteiger partial charge on any atom is 0.167 e. The topological polar surface area (TPSA) is 69.9 Å². The van der Waals surface area contributed by atoms with Crippen molar-refractivity contribution in [2.45, 2.75) is 0 Å². The number of hydrogen-bond donors (Lipinski definition) is 0. The molecule has 13 aromatic rings. The van der Waals surface area contributed by atoms with E-state index < -0.39 is 0 Å². The number of nitrogens with zero attached hydrogens (tertiary/aromatic N) is 4. The van der Waals surface area contributed by atoms with Gasteiger partial charge in [0.05, 0.1) is 22.2 Å². The summed E-state index contributed by atoms with van der Waals surface area (Å²) in [5, 5.41) is 11.2. The zero-order valence-electron chi connectivity index (χ0n) is 31.4. The molecule has 0 aliphatic heterocycles. The molecule has 274 valence electrons. The van der Waals surface area contributed by atoms with E-state index >= 15 is 0 Å². The van der Waals surface area contributed by atoms with Crippen molar-refractivity contribution in [3.8, 4) is 39.9 Å². The van der Waals surface area contributed by atoms with Gasteiger partial charge in [-0.3, -0.25) is 0 Å². The Hall–Kier alpha value is -8.09. The first-order chi connectivity index (χ1) is 29.2. The summed E-state index contributed by atoms with van der Waals surface area (Å²) < 4.78 is 15.7. The molecule has 0 spiro atoms. The molecule has 0 atom stereocenters. The molecule has 0 saturated heterocycles. The second kappa shape index (κ2) is 12.2. The first kappa shape index (κ1) is 32.0. The van der Waals surface area contributed by atoms with Gasteiger partial charge < -0.3 is 13.4 Å². The maximum absolute atomic E-state index is 6.79. The number of benzene rings is 9. The Balaban J connectivity index is 1.16. The standard InChI is InChI=1S/C53H30N4O2/c1-2-14-32(15-3-1)51-54-52(41-22-12-21-40-37-19-8-10-23-46(37)58-49(40)41)56-53(55-51)44-30-35(29-43-38-20-9-11-24-47(38)59-50(43)44)57-45-28-34-17-5-4-16-33(34)27-42(45)39-26-25-31-13-6-7-18-36(31)48(39)57/h1-30H. The molecule has 59 heavy (non-hydrogen) atoms. The predicted octanol–water partition coefficient (Wildman–Crippen LogP) is 14.1. The van der Waals surface area contributed by atoms with Gasteiger partial charge in [-0.25, -0.2) is 15.0 Å². The summed E-state index contributed by atoms with van der Waals surface area (Å²) in [7, 11) is 0. The molecule has 6 heteroatoms. The van der Waals surface area contributed by atoms with Crippen molar-refractivity contribution in [3.05, 3.63) is 182 Å². The molecule has 9 aromatic carbocycles. The number of fused-ring (bicyclic) bond motifs is 12. The SMILES string of the molecule is c1ccc(-c2nc(-c3cccc4c3oc3ccccc34)nc(-c3cc(-n4c5cc6ccccc6cc5c5ccc6ccccc6c54)cc4c3oc3ccccc34)n2)cc1. The van der Waals surface area contributed by atoms with Crippen LogP contribution in [0, 0.1) is 0 Å². The molecule has 0 amide bonds. The van der Waals surface area contributed by atoms with Crippen LogP contribution in [-0.4, -0.2) is 19.5 Å². The van der Waals surface area contributed by atoms with Gasteiger partial charge in [-0.2, -0.15) is 0 Å². The fourth-order valence-electron chi connectivity index (χ4n) is 9.09. The van der Waals surface area contributed by atoms with E-state index in [1.54, 1.807) is 0 Å². The van der Waals surface area contributed by atoms with Crippen LogP contribution in [0.5, 0.6) is 0 Å². The van der Waals surface area contributed by atoms with Crippen LogP contribution in [0.2, 0.25) is 0 Å². The number of para-hydroxylation sites is 3. The Morgan fingerprint density at radius 1 is 0.356 bits per heavy atom. The molecule has 0 radical (unpaired) electrons. The van der Waals surface area contributed by atoms with E-state index in [4.69, 9.17) is 23.8 Å². The van der Waals surface area contributed by atoms with Crippen LogP contribution in [0.4, 0.5) is 0 Å². The van der Waals surface area contributed by atoms with Crippen molar-refractivity contribution < 1.29 is 8.83 Å². The summed E-state index contributed by atoms with van der Waals surface area (Å²) in [5.41, 5.74) is 8.73. The average Bonchev–Trinajstić information content (AvgIpc) is 3.97. The van der Waals surface area contributed by atoms with E-state index in [1.807, 2.05) is 72.8 Å². The van der Waals surface area contributed by atoms with Crippen LogP contribution < -0.4 is 0 Å². The molecular weight excluding hydrogens is 725 g/mol. The lowest BCUT2D eigenvalue weighted by Gasteiger charge is -2.14. The molecule has 13 rings (SSSR count). The van der Waals surface area contributed by atoms with Crippen LogP contribution in [-0.2, 0) is 0 Å². The molecular formula is C53H30N4O2. The van der Waals surface area contributed by atoms with Crippen LogP contribution in [0.15, 0.2) is 191 Å². The van der Waals surface area contributed by atoms with Crippen molar-refractivity contribution >= 4 is 87.2 Å². The molecule has 0 saturated carbocycles. The van der Waals surface area contributed by atoms with E-state index in [2.05, 4.69) is 114 Å². The Morgan fingerprint density at radius 2 is 0.949 bits per heavy atom. The Bertz CT molecular complexity index is 3860. The Kier molecular flexibility index (Phi) is 6.63. The first-order valence-electron chi connectivity index (χ1n) is 19.8. The number of rotatable bonds is 4. The third kappa shape index (κ3) is 4.77. The van der Waals surface area contributed by atoms with E-state index in [9.17, 15) is 0 Å². The molecule has 4 aromatic heterocycles. The fraction of sp³-hybridized carbons (Fsp3) is 0. The Labute approximate surface area is 336 Å². The number of hydrogen-bond acceptors (Lipinski definition) is 5. The summed E-state index contributed by atoms with van der Waals surface area (Å²) in [6, 6.07) is 63.4. The van der Waals surface area contributed by atoms with Gasteiger partial charge in [-0.15, -0.1) is 0 Å². The molecule has 0 aliphatic carbocycles. The normalized spacial score (nSPS) is 12.1. The third-order valence-electron chi connectivity index (χ3n) is 11.8. The molecule has 6 nitrogen and oxygen atoms in total. The largest absolute Gasteiger partial charge is 0.455 e. The summed E-state index contributed by atoms with van der Waals surface area (Å²) in [6.07, 6.45) is 0. The zero-order chi connectivity index (χ0) is 38.6. The third-order valence-corrected chi connectivity index (χ3v) is 11.8. The van der Waals surface area contributed by atoms with Crippen molar-refractivity contribution in [1.29, 1.82) is 0 Å². The van der Waals surface area contributed by atoms with E-state index in [-0.39, 0.29) is 0 Å². The van der Waals surface area contributed by atoms with Crippen LogP contribution in [0.1, 0.15) is 0 Å². The Morgan fingerprint density at radius 3 is 1.73 bits per heavy atom. The van der Waals surface area contributed by atoms with Gasteiger partial charge in [0.15, 0.2) is 17.5 Å². The maximum atomic E-state index is 6.79. The second-order valence-electron chi connectivity index (χ2n) is 15.2. The van der Waals surface area contributed by atoms with Gasteiger partial charge in [0.1, 0.15) is 22.3 Å². The van der Waals surface area contributed by atoms with E-state index in [0.717, 1.165) is 71.7 Å². The highest BCUT2D eigenvalue weighted by Crippen LogP contribution is 2.43. The van der Waals surface area contributed by atoms with E-state index in [1.165, 1.54) is 32.3 Å². The smallest absolute Gasteiger partial charge is 0.167 e. The van der Waals surface area contributed by atoms with Crippen molar-refractivity contribution in [2.24, 2.45) is 0 Å². The van der Waals surface area contributed by atoms with Gasteiger partial charge in [0.25, 0.3) is 0 Å². The van der Waals surface area contributed by atoms with Crippen LogP contribution in [0.25, 0.3) is 127 Å². The summed E-state index contributed by atoms with van der Waals surface area (Å²) in [6.45, 7) is 0. The number of aromatic nitrogens is 4. The van der Waals surface area contributed by atoms with Crippen LogP contribution in [0.3, 0.4) is 0 Å². The zero-order valence-corrected chi connectivity index (χ0v) is 31.4. The summed E-state index contributed by atoms with van der Waals surface area (Å²) in [4.78, 5) is 15.7. The highest BCUT2D eigenvalue weighted by molar-refractivity contribution is 6.21. The highest BCUT2D eigenvalue weighted by atomic mass is 16.3. The van der Waals surface area contributed by atoms with Gasteiger partial charge >= 0.3 is 0 Å². The second-order valence-corrected chi connectivity index (χ2v) is 15.2. The number of furan rings is 2. The predicted molar refractivity (Wildman–Crippen MR) is 240 cm³/mol. The lowest BCUT2D eigenvalue weighted by Crippen LogP contribution is -2.02. The lowest BCUT2D eigenvalue weighted by atomic mass is 10.0. The quantitative estimate of drug-likeness (QED) is 0.179. The first-order valence-corrected chi connectivity index (χ1v) is 19.8. The molecule has 0 N–H and O–H groups in total. The molecule has 4 heterocycles. The molecule has 0 unspecified atom stereocenters. The summed E-state index contributed by atoms with van der Waals surface area (Å²) in [5.74, 6) is 1.58. The molecule has 0 bridgehead atoms. The fourth-order valence-corrected chi connectivity index (χ4v) is 9.09. The monoisotopic (exact) mass is 754 g/mol. The van der Waals surface area contributed by atoms with E-state index in [0.29, 0.717) is 23.1 Å². The molecule has 0 fully saturated rings. The van der Waals surface area contributed by atoms with Crippen LogP contribution >= 0.6 is 0 Å². The van der Waals surface area contributed by atoms with Crippen molar-refractivity contribution in [1.82, 2.24) is 19.5 Å². The van der Waals surface area contributed by atoms with Gasteiger partial charge in [-0.05, 0) is 58.6 Å². The minimum Gasteiger partial charge on any atom is -0.455 e.